The number of pyridine rings is 1. The number of nitrogens with zero attached hydrogens (tertiary/aromatic N) is 5. The van der Waals surface area contributed by atoms with E-state index in [-0.39, 0.29) is 11.8 Å². The molecule has 0 radical (unpaired) electrons. The lowest BCUT2D eigenvalue weighted by molar-refractivity contribution is -0.116. The fourth-order valence-electron chi connectivity index (χ4n) is 4.32. The third-order valence-electron chi connectivity index (χ3n) is 6.38. The minimum absolute atomic E-state index is 0.0633. The number of hydrogen-bond donors (Lipinski definition) is 3. The normalized spacial score (nSPS) is 15.4. The van der Waals surface area contributed by atoms with Crippen LogP contribution in [0.5, 0.6) is 0 Å². The minimum Gasteiger partial charge on any atom is -0.383 e. The minimum atomic E-state index is -0.292. The zero-order valence-corrected chi connectivity index (χ0v) is 21.7. The quantitative estimate of drug-likeness (QED) is 0.291. The number of thiazole rings is 1. The number of methoxy groups -OCH3 is 1. The third kappa shape index (κ3) is 5.87. The number of aryl methyl sites for hydroxylation is 1. The molecular formula is C25H30N8O3S. The van der Waals surface area contributed by atoms with Gasteiger partial charge in [0.2, 0.25) is 5.91 Å². The molecule has 1 saturated heterocycles. The first kappa shape index (κ1) is 25.1. The molecule has 4 aromatic heterocycles. The van der Waals surface area contributed by atoms with Gasteiger partial charge in [0.1, 0.15) is 4.83 Å². The van der Waals surface area contributed by atoms with Crippen molar-refractivity contribution in [2.75, 3.05) is 30.9 Å². The molecule has 1 aliphatic rings. The summed E-state index contributed by atoms with van der Waals surface area (Å²) in [6.45, 7) is 4.08. The summed E-state index contributed by atoms with van der Waals surface area (Å²) in [6, 6.07) is 2.15. The number of hydrogen-bond acceptors (Lipinski definition) is 8. The number of anilines is 2. The average Bonchev–Trinajstić information content (AvgIpc) is 3.68. The fourth-order valence-corrected chi connectivity index (χ4v) is 5.36. The molecular weight excluding hydrogens is 492 g/mol. The molecule has 11 nitrogen and oxygen atoms in total. The highest BCUT2D eigenvalue weighted by Gasteiger charge is 2.19. The molecule has 1 atom stereocenters. The zero-order chi connectivity index (χ0) is 25.8. The maximum absolute atomic E-state index is 13.2. The molecule has 5 heterocycles. The highest BCUT2D eigenvalue weighted by Crippen LogP contribution is 2.31. The van der Waals surface area contributed by atoms with Crippen molar-refractivity contribution in [3.63, 3.8) is 0 Å². The second kappa shape index (κ2) is 11.2. The zero-order valence-electron chi connectivity index (χ0n) is 20.9. The molecule has 3 N–H and O–H groups in total. The summed E-state index contributed by atoms with van der Waals surface area (Å²) in [4.78, 5) is 31.6. The molecule has 5 rings (SSSR count). The molecule has 37 heavy (non-hydrogen) atoms. The van der Waals surface area contributed by atoms with Crippen LogP contribution in [0.15, 0.2) is 37.1 Å². The Morgan fingerprint density at radius 1 is 1.22 bits per heavy atom. The van der Waals surface area contributed by atoms with Crippen molar-refractivity contribution in [1.82, 2.24) is 29.7 Å². The average molecular weight is 523 g/mol. The lowest BCUT2D eigenvalue weighted by Crippen LogP contribution is -2.23. The van der Waals surface area contributed by atoms with Gasteiger partial charge in [0, 0.05) is 37.5 Å². The van der Waals surface area contributed by atoms with E-state index in [1.807, 2.05) is 24.0 Å². The van der Waals surface area contributed by atoms with Gasteiger partial charge >= 0.3 is 0 Å². The van der Waals surface area contributed by atoms with Crippen molar-refractivity contribution in [3.05, 3.63) is 48.3 Å². The summed E-state index contributed by atoms with van der Waals surface area (Å²) >= 11 is 1.47. The largest absolute Gasteiger partial charge is 0.383 e. The highest BCUT2D eigenvalue weighted by molar-refractivity contribution is 7.21. The second-order valence-corrected chi connectivity index (χ2v) is 10.1. The first-order chi connectivity index (χ1) is 18.0. The number of nitrogens with one attached hydrogen (secondary N) is 3. The Morgan fingerprint density at radius 3 is 2.92 bits per heavy atom. The summed E-state index contributed by atoms with van der Waals surface area (Å²) < 4.78 is 8.63. The standard InChI is InChI=1S/C25H30N8O3S/c1-16-21(10-19(12-27-16)30-23(34)6-5-18-4-3-7-26-18)31-24(35)20-13-29-33-15-22(37-25(20)33)17-11-28-32(14-17)8-9-36-2/h10-15,18,26H,3-9H2,1-2H3,(H,30,34)(H,31,35). The maximum atomic E-state index is 13.2. The molecule has 4 aromatic rings. The Bertz CT molecular complexity index is 1400. The Morgan fingerprint density at radius 2 is 2.11 bits per heavy atom. The van der Waals surface area contributed by atoms with Crippen LogP contribution in [0.4, 0.5) is 11.4 Å². The fraction of sp³-hybridized carbons (Fsp3) is 0.400. The van der Waals surface area contributed by atoms with Crippen molar-refractivity contribution in [2.45, 2.75) is 45.2 Å². The Labute approximate surface area is 218 Å². The SMILES string of the molecule is COCCn1cc(-c2cn3ncc(C(=O)Nc4cc(NC(=O)CCC5CCCN5)cnc4C)c3s2)cn1. The number of ether oxygens (including phenoxy) is 1. The summed E-state index contributed by atoms with van der Waals surface area (Å²) in [6.07, 6.45) is 12.3. The first-order valence-electron chi connectivity index (χ1n) is 12.3. The van der Waals surface area contributed by atoms with Crippen molar-refractivity contribution < 1.29 is 14.3 Å². The maximum Gasteiger partial charge on any atom is 0.260 e. The van der Waals surface area contributed by atoms with Gasteiger partial charge in [-0.2, -0.15) is 10.2 Å². The van der Waals surface area contributed by atoms with Crippen LogP contribution in [0.25, 0.3) is 15.3 Å². The van der Waals surface area contributed by atoms with E-state index in [1.165, 1.54) is 11.3 Å². The Hall–Kier alpha value is -3.61. The molecule has 1 unspecified atom stereocenters. The predicted octanol–water partition coefficient (Wildman–Crippen LogP) is 3.33. The van der Waals surface area contributed by atoms with Crippen molar-refractivity contribution >= 4 is 39.4 Å². The van der Waals surface area contributed by atoms with Crippen LogP contribution >= 0.6 is 11.3 Å². The van der Waals surface area contributed by atoms with Gasteiger partial charge in [-0.25, -0.2) is 4.52 Å². The predicted molar refractivity (Wildman–Crippen MR) is 142 cm³/mol. The first-order valence-corrected chi connectivity index (χ1v) is 13.1. The Balaban J connectivity index is 1.26. The molecule has 12 heteroatoms. The Kier molecular flexibility index (Phi) is 7.58. The third-order valence-corrected chi connectivity index (χ3v) is 7.55. The highest BCUT2D eigenvalue weighted by atomic mass is 32.1. The van der Waals surface area contributed by atoms with Gasteiger partial charge in [-0.05, 0) is 38.8 Å². The van der Waals surface area contributed by atoms with Crippen LogP contribution in [0.2, 0.25) is 0 Å². The summed E-state index contributed by atoms with van der Waals surface area (Å²) in [7, 11) is 1.66. The smallest absolute Gasteiger partial charge is 0.260 e. The molecule has 0 saturated carbocycles. The van der Waals surface area contributed by atoms with Gasteiger partial charge in [-0.15, -0.1) is 11.3 Å². The molecule has 0 spiro atoms. The summed E-state index contributed by atoms with van der Waals surface area (Å²) in [5, 5.41) is 18.0. The van der Waals surface area contributed by atoms with E-state index in [9.17, 15) is 9.59 Å². The molecule has 194 valence electrons. The number of carbonyl (C=O) groups is 2. The van der Waals surface area contributed by atoms with E-state index in [1.54, 1.807) is 36.3 Å². The van der Waals surface area contributed by atoms with Crippen LogP contribution in [0, 0.1) is 6.92 Å². The number of fused-ring (bicyclic) bond motifs is 1. The van der Waals surface area contributed by atoms with Gasteiger partial charge in [0.15, 0.2) is 0 Å². The van der Waals surface area contributed by atoms with Gasteiger partial charge in [-0.3, -0.25) is 19.3 Å². The van der Waals surface area contributed by atoms with Gasteiger partial charge in [0.05, 0.1) is 59.3 Å². The number of amides is 2. The number of aromatic nitrogens is 5. The van der Waals surface area contributed by atoms with Crippen LogP contribution in [0.3, 0.4) is 0 Å². The summed E-state index contributed by atoms with van der Waals surface area (Å²) in [5.41, 5.74) is 3.15. The van der Waals surface area contributed by atoms with E-state index in [4.69, 9.17) is 4.74 Å². The van der Waals surface area contributed by atoms with Crippen molar-refractivity contribution in [1.29, 1.82) is 0 Å². The molecule has 2 amide bonds. The molecule has 0 bridgehead atoms. The monoisotopic (exact) mass is 522 g/mol. The lowest BCUT2D eigenvalue weighted by Gasteiger charge is -2.12. The van der Waals surface area contributed by atoms with Gasteiger partial charge < -0.3 is 20.7 Å². The number of carbonyl (C=O) groups excluding carboxylic acids is 2. The van der Waals surface area contributed by atoms with Crippen LogP contribution in [0.1, 0.15) is 41.7 Å². The van der Waals surface area contributed by atoms with E-state index < -0.39 is 0 Å². The molecule has 1 fully saturated rings. The van der Waals surface area contributed by atoms with E-state index >= 15 is 0 Å². The molecule has 1 aliphatic heterocycles. The van der Waals surface area contributed by atoms with Crippen LogP contribution in [-0.2, 0) is 16.1 Å². The van der Waals surface area contributed by atoms with E-state index in [2.05, 4.69) is 31.1 Å². The molecule has 0 aromatic carbocycles. The number of rotatable bonds is 10. The van der Waals surface area contributed by atoms with Crippen LogP contribution < -0.4 is 16.0 Å². The summed E-state index contributed by atoms with van der Waals surface area (Å²) in [5.74, 6) is -0.355. The second-order valence-electron chi connectivity index (χ2n) is 9.08. The van der Waals surface area contributed by atoms with Crippen LogP contribution in [-0.4, -0.2) is 62.5 Å². The van der Waals surface area contributed by atoms with Gasteiger partial charge in [-0.1, -0.05) is 0 Å². The van der Waals surface area contributed by atoms with Crippen molar-refractivity contribution in [3.8, 4) is 10.4 Å². The van der Waals surface area contributed by atoms with Crippen molar-refractivity contribution in [2.24, 2.45) is 0 Å². The topological polar surface area (TPSA) is 127 Å². The molecule has 0 aliphatic carbocycles. The lowest BCUT2D eigenvalue weighted by atomic mass is 10.1. The van der Waals surface area contributed by atoms with E-state index in [0.29, 0.717) is 48.2 Å². The van der Waals surface area contributed by atoms with Gasteiger partial charge in [0.25, 0.3) is 5.91 Å². The van der Waals surface area contributed by atoms with E-state index in [0.717, 1.165) is 41.1 Å².